The van der Waals surface area contributed by atoms with Gasteiger partial charge in [-0.1, -0.05) is 20.8 Å². The van der Waals surface area contributed by atoms with Gasteiger partial charge in [0.15, 0.2) is 0 Å². The first kappa shape index (κ1) is 15.2. The van der Waals surface area contributed by atoms with Crippen molar-refractivity contribution in [2.75, 3.05) is 13.7 Å². The molecule has 2 atom stereocenters. The van der Waals surface area contributed by atoms with E-state index in [1.165, 1.54) is 5.56 Å². The summed E-state index contributed by atoms with van der Waals surface area (Å²) in [4.78, 5) is 0. The third-order valence-electron chi connectivity index (χ3n) is 3.88. The fraction of sp³-hybridized carbons (Fsp3) is 0.647. The fourth-order valence-corrected chi connectivity index (χ4v) is 3.28. The van der Waals surface area contributed by atoms with Crippen molar-refractivity contribution in [1.82, 2.24) is 5.32 Å². The highest BCUT2D eigenvalue weighted by atomic mass is 16.5. The molecule has 3 heteroatoms. The first-order valence-electron chi connectivity index (χ1n) is 7.57. The molecular weight excluding hydrogens is 250 g/mol. The Bertz CT molecular complexity index is 458. The molecule has 1 aliphatic heterocycles. The van der Waals surface area contributed by atoms with E-state index in [4.69, 9.17) is 9.47 Å². The van der Waals surface area contributed by atoms with Crippen LogP contribution in [0.3, 0.4) is 0 Å². The van der Waals surface area contributed by atoms with Gasteiger partial charge in [0.05, 0.1) is 7.11 Å². The van der Waals surface area contributed by atoms with Gasteiger partial charge in [-0.2, -0.15) is 0 Å². The van der Waals surface area contributed by atoms with Gasteiger partial charge in [-0.25, -0.2) is 0 Å². The van der Waals surface area contributed by atoms with Crippen molar-refractivity contribution in [1.29, 1.82) is 0 Å². The summed E-state index contributed by atoms with van der Waals surface area (Å²) in [5, 5.41) is 3.58. The van der Waals surface area contributed by atoms with Crippen LogP contribution in [0.15, 0.2) is 18.2 Å². The number of nitrogens with one attached hydrogen (secondary N) is 1. The predicted octanol–water partition coefficient (Wildman–Crippen LogP) is 3.93. The van der Waals surface area contributed by atoms with Crippen molar-refractivity contribution in [3.8, 4) is 11.5 Å². The Morgan fingerprint density at radius 1 is 1.45 bits per heavy atom. The molecule has 0 saturated heterocycles. The lowest BCUT2D eigenvalue weighted by Gasteiger charge is -2.41. The molecule has 0 radical (unpaired) electrons. The van der Waals surface area contributed by atoms with Crippen molar-refractivity contribution in [3.05, 3.63) is 23.8 Å². The van der Waals surface area contributed by atoms with Gasteiger partial charge in [0.1, 0.15) is 17.1 Å². The van der Waals surface area contributed by atoms with Gasteiger partial charge in [-0.15, -0.1) is 0 Å². The number of rotatable bonds is 5. The van der Waals surface area contributed by atoms with Crippen molar-refractivity contribution >= 4 is 0 Å². The van der Waals surface area contributed by atoms with E-state index in [2.05, 4.69) is 39.1 Å². The summed E-state index contributed by atoms with van der Waals surface area (Å²) >= 11 is 0. The molecule has 1 aromatic carbocycles. The molecule has 2 rings (SSSR count). The highest BCUT2D eigenvalue weighted by Crippen LogP contribution is 2.43. The Morgan fingerprint density at radius 3 is 2.80 bits per heavy atom. The third-order valence-corrected chi connectivity index (χ3v) is 3.88. The Kier molecular flexibility index (Phi) is 4.59. The zero-order valence-corrected chi connectivity index (χ0v) is 13.3. The molecular formula is C17H27NO2. The number of benzene rings is 1. The van der Waals surface area contributed by atoms with Crippen LogP contribution >= 0.6 is 0 Å². The average molecular weight is 277 g/mol. The number of hydrogen-bond acceptors (Lipinski definition) is 3. The van der Waals surface area contributed by atoms with E-state index >= 15 is 0 Å². The minimum atomic E-state index is -0.0947. The van der Waals surface area contributed by atoms with E-state index in [0.717, 1.165) is 30.9 Å². The number of fused-ring (bicyclic) bond motifs is 1. The Hall–Kier alpha value is -1.22. The molecule has 1 aromatic rings. The molecule has 0 amide bonds. The smallest absolute Gasteiger partial charge is 0.125 e. The Labute approximate surface area is 122 Å². The lowest BCUT2D eigenvalue weighted by molar-refractivity contribution is 0.0287. The lowest BCUT2D eigenvalue weighted by atomic mass is 9.83. The van der Waals surface area contributed by atoms with Gasteiger partial charge in [-0.3, -0.25) is 0 Å². The van der Waals surface area contributed by atoms with E-state index in [1.807, 2.05) is 12.1 Å². The van der Waals surface area contributed by atoms with Crippen LogP contribution in [0.5, 0.6) is 11.5 Å². The SMILES string of the molecule is CCNC1CC(C)(CC(C)C)Oc2ccc(OC)cc21. The van der Waals surface area contributed by atoms with Crippen molar-refractivity contribution in [2.24, 2.45) is 5.92 Å². The van der Waals surface area contributed by atoms with Gasteiger partial charge in [0.25, 0.3) is 0 Å². The topological polar surface area (TPSA) is 30.5 Å². The van der Waals surface area contributed by atoms with Crippen LogP contribution in [-0.4, -0.2) is 19.3 Å². The van der Waals surface area contributed by atoms with Crippen LogP contribution < -0.4 is 14.8 Å². The zero-order chi connectivity index (χ0) is 14.8. The molecule has 1 aliphatic rings. The second-order valence-corrected chi connectivity index (χ2v) is 6.37. The maximum Gasteiger partial charge on any atom is 0.125 e. The van der Waals surface area contributed by atoms with Gasteiger partial charge < -0.3 is 14.8 Å². The summed E-state index contributed by atoms with van der Waals surface area (Å²) in [6.45, 7) is 9.83. The van der Waals surface area contributed by atoms with Crippen molar-refractivity contribution < 1.29 is 9.47 Å². The molecule has 0 aliphatic carbocycles. The molecule has 0 aromatic heterocycles. The van der Waals surface area contributed by atoms with Crippen LogP contribution in [0.2, 0.25) is 0 Å². The standard InChI is InChI=1S/C17H27NO2/c1-6-18-15-11-17(4,10-12(2)3)20-16-8-7-13(19-5)9-14(15)16/h7-9,12,15,18H,6,10-11H2,1-5H3. The molecule has 2 unspecified atom stereocenters. The predicted molar refractivity (Wildman–Crippen MR) is 82.5 cm³/mol. The van der Waals surface area contributed by atoms with E-state index in [1.54, 1.807) is 7.11 Å². The van der Waals surface area contributed by atoms with E-state index < -0.39 is 0 Å². The summed E-state index contributed by atoms with van der Waals surface area (Å²) in [6.07, 6.45) is 2.07. The van der Waals surface area contributed by atoms with Crippen molar-refractivity contribution in [2.45, 2.75) is 52.2 Å². The highest BCUT2D eigenvalue weighted by molar-refractivity contribution is 5.44. The summed E-state index contributed by atoms with van der Waals surface area (Å²) < 4.78 is 11.7. The summed E-state index contributed by atoms with van der Waals surface area (Å²) in [6, 6.07) is 6.44. The first-order chi connectivity index (χ1) is 9.47. The molecule has 20 heavy (non-hydrogen) atoms. The minimum absolute atomic E-state index is 0.0947. The average Bonchev–Trinajstić information content (AvgIpc) is 2.37. The second-order valence-electron chi connectivity index (χ2n) is 6.37. The molecule has 0 saturated carbocycles. The molecule has 3 nitrogen and oxygen atoms in total. The quantitative estimate of drug-likeness (QED) is 0.884. The zero-order valence-electron chi connectivity index (χ0n) is 13.3. The van der Waals surface area contributed by atoms with Crippen LogP contribution in [0, 0.1) is 5.92 Å². The largest absolute Gasteiger partial charge is 0.497 e. The van der Waals surface area contributed by atoms with Gasteiger partial charge in [0, 0.05) is 18.0 Å². The molecule has 0 fully saturated rings. The van der Waals surface area contributed by atoms with Crippen LogP contribution in [0.25, 0.3) is 0 Å². The van der Waals surface area contributed by atoms with Crippen LogP contribution in [0.4, 0.5) is 0 Å². The molecule has 1 N–H and O–H groups in total. The monoisotopic (exact) mass is 277 g/mol. The van der Waals surface area contributed by atoms with Crippen LogP contribution in [0.1, 0.15) is 52.1 Å². The molecule has 0 bridgehead atoms. The first-order valence-corrected chi connectivity index (χ1v) is 7.57. The van der Waals surface area contributed by atoms with E-state index in [9.17, 15) is 0 Å². The normalized spacial score (nSPS) is 25.2. The third kappa shape index (κ3) is 3.26. The molecule has 0 spiro atoms. The molecule has 112 valence electrons. The second kappa shape index (κ2) is 6.04. The number of ether oxygens (including phenoxy) is 2. The number of methoxy groups -OCH3 is 1. The summed E-state index contributed by atoms with van der Waals surface area (Å²) in [5.41, 5.74) is 1.12. The number of hydrogen-bond donors (Lipinski definition) is 1. The lowest BCUT2D eigenvalue weighted by Crippen LogP contribution is -2.42. The van der Waals surface area contributed by atoms with Gasteiger partial charge in [-0.05, 0) is 44.0 Å². The maximum absolute atomic E-state index is 6.31. The summed E-state index contributed by atoms with van der Waals surface area (Å²) in [7, 11) is 1.70. The molecule has 1 heterocycles. The Morgan fingerprint density at radius 2 is 2.20 bits per heavy atom. The maximum atomic E-state index is 6.31. The van der Waals surface area contributed by atoms with E-state index in [0.29, 0.717) is 12.0 Å². The minimum Gasteiger partial charge on any atom is -0.497 e. The van der Waals surface area contributed by atoms with Gasteiger partial charge >= 0.3 is 0 Å². The Balaban J connectivity index is 2.33. The fourth-order valence-electron chi connectivity index (χ4n) is 3.28. The summed E-state index contributed by atoms with van der Waals surface area (Å²) in [5.74, 6) is 2.51. The van der Waals surface area contributed by atoms with Gasteiger partial charge in [0.2, 0.25) is 0 Å². The van der Waals surface area contributed by atoms with E-state index in [-0.39, 0.29) is 5.60 Å². The van der Waals surface area contributed by atoms with Crippen molar-refractivity contribution in [3.63, 3.8) is 0 Å². The van der Waals surface area contributed by atoms with Crippen LogP contribution in [-0.2, 0) is 0 Å². The highest BCUT2D eigenvalue weighted by Gasteiger charge is 2.37.